The highest BCUT2D eigenvalue weighted by Gasteiger charge is 2.33. The fraction of sp³-hybridized carbons (Fsp3) is 0.538. The van der Waals surface area contributed by atoms with E-state index < -0.39 is 11.9 Å². The second-order valence-corrected chi connectivity index (χ2v) is 4.90. The van der Waals surface area contributed by atoms with Gasteiger partial charge in [0.25, 0.3) is 0 Å². The molecule has 1 aromatic rings. The molecule has 1 aliphatic rings. The third kappa shape index (κ3) is 3.20. The zero-order valence-corrected chi connectivity index (χ0v) is 10.7. The number of nitrogens with one attached hydrogen (secondary N) is 1. The van der Waals surface area contributed by atoms with Crippen LogP contribution in [0.15, 0.2) is 12.1 Å². The Bertz CT molecular complexity index is 521. The maximum atomic E-state index is 12.7. The lowest BCUT2D eigenvalue weighted by Gasteiger charge is -2.30. The van der Waals surface area contributed by atoms with E-state index in [1.807, 2.05) is 6.07 Å². The first-order valence-electron chi connectivity index (χ1n) is 6.42. The molecule has 0 amide bonds. The molecule has 0 aliphatic heterocycles. The van der Waals surface area contributed by atoms with Crippen LogP contribution in [0.5, 0.6) is 0 Å². The van der Waals surface area contributed by atoms with Gasteiger partial charge in [-0.1, -0.05) is 12.8 Å². The van der Waals surface area contributed by atoms with Gasteiger partial charge in [0.15, 0.2) is 0 Å². The monoisotopic (exact) mass is 284 g/mol. The van der Waals surface area contributed by atoms with Gasteiger partial charge >= 0.3 is 6.18 Å². The van der Waals surface area contributed by atoms with Crippen molar-refractivity contribution in [2.45, 2.75) is 43.9 Å². The second kappa shape index (κ2) is 5.67. The van der Waals surface area contributed by atoms with Gasteiger partial charge in [-0.25, -0.2) is 4.98 Å². The molecule has 1 aliphatic carbocycles. The number of alkyl halides is 3. The van der Waals surface area contributed by atoms with Crippen LogP contribution in [0.1, 0.15) is 36.9 Å². The number of aromatic nitrogens is 1. The molecule has 1 fully saturated rings. The van der Waals surface area contributed by atoms with Crippen LogP contribution in [0.25, 0.3) is 0 Å². The average molecular weight is 284 g/mol. The molecule has 0 spiro atoms. The first kappa shape index (κ1) is 14.6. The first-order chi connectivity index (χ1) is 9.41. The first-order valence-corrected chi connectivity index (χ1v) is 6.42. The van der Waals surface area contributed by atoms with Gasteiger partial charge in [0.2, 0.25) is 0 Å². The molecule has 20 heavy (non-hydrogen) atoms. The lowest BCUT2D eigenvalue weighted by molar-refractivity contribution is -0.141. The van der Waals surface area contributed by atoms with Gasteiger partial charge in [0.1, 0.15) is 17.6 Å². The minimum Gasteiger partial charge on any atom is -0.365 e. The molecule has 1 saturated carbocycles. The fourth-order valence-electron chi connectivity index (χ4n) is 2.33. The van der Waals surface area contributed by atoms with Gasteiger partial charge in [0.05, 0.1) is 5.56 Å². The summed E-state index contributed by atoms with van der Waals surface area (Å²) in [5, 5.41) is 11.9. The molecule has 0 aromatic carbocycles. The second-order valence-electron chi connectivity index (χ2n) is 4.90. The zero-order valence-electron chi connectivity index (χ0n) is 10.7. The summed E-state index contributed by atoms with van der Waals surface area (Å²) in [6.45, 7) is 0. The summed E-state index contributed by atoms with van der Waals surface area (Å²) in [6.07, 6.45) is -0.964. The van der Waals surface area contributed by atoms with Crippen molar-refractivity contribution in [2.75, 3.05) is 5.32 Å². The molecule has 4 nitrogen and oxygen atoms in total. The number of nitriles is 1. The summed E-state index contributed by atoms with van der Waals surface area (Å²) in [7, 11) is 0. The minimum absolute atomic E-state index is 0.0373. The SMILES string of the molecule is N#Cc1ccc(C(F)(F)F)nc1N[C@@H]1CCCC[C@H]1N. The number of hydrogen-bond acceptors (Lipinski definition) is 4. The number of pyridine rings is 1. The van der Waals surface area contributed by atoms with E-state index in [-0.39, 0.29) is 23.5 Å². The Balaban J connectivity index is 2.27. The molecule has 2 atom stereocenters. The van der Waals surface area contributed by atoms with E-state index in [1.54, 1.807) is 0 Å². The van der Waals surface area contributed by atoms with E-state index in [0.717, 1.165) is 37.8 Å². The fourth-order valence-corrected chi connectivity index (χ4v) is 2.33. The van der Waals surface area contributed by atoms with Gasteiger partial charge in [-0.3, -0.25) is 0 Å². The number of nitrogens with zero attached hydrogens (tertiary/aromatic N) is 2. The lowest BCUT2D eigenvalue weighted by Crippen LogP contribution is -2.43. The Hall–Kier alpha value is -1.81. The molecule has 1 heterocycles. The van der Waals surface area contributed by atoms with Crippen LogP contribution in [0.2, 0.25) is 0 Å². The standard InChI is InChI=1S/C13H15F3N4/c14-13(15,16)11-6-5-8(7-17)12(20-11)19-10-4-2-1-3-9(10)18/h5-6,9-10H,1-4,18H2,(H,19,20)/t9-,10-/m1/s1. The molecule has 0 bridgehead atoms. The summed E-state index contributed by atoms with van der Waals surface area (Å²) in [6, 6.07) is 3.51. The van der Waals surface area contributed by atoms with E-state index in [0.29, 0.717) is 0 Å². The number of anilines is 1. The molecular weight excluding hydrogens is 269 g/mol. The van der Waals surface area contributed by atoms with Crippen LogP contribution < -0.4 is 11.1 Å². The highest BCUT2D eigenvalue weighted by Crippen LogP contribution is 2.30. The Morgan fingerprint density at radius 3 is 2.60 bits per heavy atom. The van der Waals surface area contributed by atoms with Crippen LogP contribution in [0.4, 0.5) is 19.0 Å². The van der Waals surface area contributed by atoms with Gasteiger partial charge in [-0.05, 0) is 25.0 Å². The summed E-state index contributed by atoms with van der Waals surface area (Å²) in [5.74, 6) is -0.0373. The number of rotatable bonds is 2. The van der Waals surface area contributed by atoms with Gasteiger partial charge in [-0.2, -0.15) is 18.4 Å². The van der Waals surface area contributed by atoms with Crippen LogP contribution in [0, 0.1) is 11.3 Å². The van der Waals surface area contributed by atoms with Gasteiger partial charge < -0.3 is 11.1 Å². The summed E-state index contributed by atoms with van der Waals surface area (Å²) in [5.41, 5.74) is 5.03. The van der Waals surface area contributed by atoms with Crippen LogP contribution in [-0.2, 0) is 6.18 Å². The highest BCUT2D eigenvalue weighted by atomic mass is 19.4. The lowest BCUT2D eigenvalue weighted by atomic mass is 9.91. The van der Waals surface area contributed by atoms with E-state index in [4.69, 9.17) is 11.0 Å². The Labute approximate surface area is 114 Å². The van der Waals surface area contributed by atoms with Crippen molar-refractivity contribution in [1.29, 1.82) is 5.26 Å². The molecule has 3 N–H and O–H groups in total. The third-order valence-corrected chi connectivity index (χ3v) is 3.45. The number of nitrogens with two attached hydrogens (primary N) is 1. The normalized spacial score (nSPS) is 23.1. The van der Waals surface area contributed by atoms with Gasteiger partial charge in [0, 0.05) is 12.1 Å². The third-order valence-electron chi connectivity index (χ3n) is 3.45. The Morgan fingerprint density at radius 2 is 2.00 bits per heavy atom. The molecule has 0 unspecified atom stereocenters. The number of hydrogen-bond donors (Lipinski definition) is 2. The zero-order chi connectivity index (χ0) is 14.8. The Morgan fingerprint density at radius 1 is 1.30 bits per heavy atom. The molecular formula is C13H15F3N4. The average Bonchev–Trinajstić information content (AvgIpc) is 2.40. The van der Waals surface area contributed by atoms with Crippen molar-refractivity contribution in [3.63, 3.8) is 0 Å². The van der Waals surface area contributed by atoms with Crippen molar-refractivity contribution in [3.8, 4) is 6.07 Å². The molecule has 0 saturated heterocycles. The highest BCUT2D eigenvalue weighted by molar-refractivity contribution is 5.53. The van der Waals surface area contributed by atoms with Crippen LogP contribution in [0.3, 0.4) is 0 Å². The van der Waals surface area contributed by atoms with Crippen LogP contribution in [-0.4, -0.2) is 17.1 Å². The summed E-state index contributed by atoms with van der Waals surface area (Å²) < 4.78 is 38.0. The molecule has 2 rings (SSSR count). The van der Waals surface area contributed by atoms with Gasteiger partial charge in [-0.15, -0.1) is 0 Å². The predicted molar refractivity (Wildman–Crippen MR) is 67.8 cm³/mol. The number of halogens is 3. The molecule has 108 valence electrons. The maximum Gasteiger partial charge on any atom is 0.433 e. The van der Waals surface area contributed by atoms with Crippen LogP contribution >= 0.6 is 0 Å². The van der Waals surface area contributed by atoms with Crippen molar-refractivity contribution in [3.05, 3.63) is 23.4 Å². The minimum atomic E-state index is -4.53. The quantitative estimate of drug-likeness (QED) is 0.875. The Kier molecular flexibility index (Phi) is 4.14. The molecule has 7 heteroatoms. The summed E-state index contributed by atoms with van der Waals surface area (Å²) >= 11 is 0. The van der Waals surface area contributed by atoms with Crippen molar-refractivity contribution in [2.24, 2.45) is 5.73 Å². The van der Waals surface area contributed by atoms with Crippen molar-refractivity contribution >= 4 is 5.82 Å². The summed E-state index contributed by atoms with van der Waals surface area (Å²) in [4.78, 5) is 3.53. The maximum absolute atomic E-state index is 12.7. The smallest absolute Gasteiger partial charge is 0.365 e. The van der Waals surface area contributed by atoms with E-state index >= 15 is 0 Å². The van der Waals surface area contributed by atoms with E-state index in [2.05, 4.69) is 10.3 Å². The topological polar surface area (TPSA) is 74.7 Å². The predicted octanol–water partition coefficient (Wildman–Crippen LogP) is 2.65. The van der Waals surface area contributed by atoms with Crippen molar-refractivity contribution in [1.82, 2.24) is 4.98 Å². The molecule has 0 radical (unpaired) electrons. The van der Waals surface area contributed by atoms with E-state index in [1.165, 1.54) is 0 Å². The molecule has 1 aromatic heterocycles. The van der Waals surface area contributed by atoms with Crippen molar-refractivity contribution < 1.29 is 13.2 Å². The van der Waals surface area contributed by atoms with E-state index in [9.17, 15) is 13.2 Å². The largest absolute Gasteiger partial charge is 0.433 e.